The fraction of sp³-hybridized carbons (Fsp3) is 0.600. The van der Waals surface area contributed by atoms with Crippen molar-refractivity contribution >= 4 is 17.1 Å². The SMILES string of the molecule is CCCN[I-]C1CCC(c2ccc(N)c(N)c2N)CC1. The van der Waals surface area contributed by atoms with Crippen molar-refractivity contribution in [2.45, 2.75) is 48.9 Å². The van der Waals surface area contributed by atoms with E-state index in [9.17, 15) is 0 Å². The average Bonchev–Trinajstić information content (AvgIpc) is 2.46. The van der Waals surface area contributed by atoms with Crippen LogP contribution < -0.4 is 42.2 Å². The molecule has 0 aromatic heterocycles. The molecule has 1 fully saturated rings. The van der Waals surface area contributed by atoms with Gasteiger partial charge in [0, 0.05) is 0 Å². The molecule has 1 aromatic carbocycles. The van der Waals surface area contributed by atoms with Gasteiger partial charge in [-0.05, 0) is 0 Å². The van der Waals surface area contributed by atoms with Crippen LogP contribution in [-0.2, 0) is 0 Å². The molecule has 0 spiro atoms. The maximum absolute atomic E-state index is 6.14. The Kier molecular flexibility index (Phi) is 5.77. The number of nitrogen functional groups attached to an aromatic ring is 3. The normalized spacial score (nSPS) is 23.1. The molecule has 5 heteroatoms. The van der Waals surface area contributed by atoms with Crippen molar-refractivity contribution in [3.05, 3.63) is 17.7 Å². The summed E-state index contributed by atoms with van der Waals surface area (Å²) < 4.78 is 4.56. The molecule has 0 unspecified atom stereocenters. The van der Waals surface area contributed by atoms with Crippen LogP contribution in [0.2, 0.25) is 0 Å². The third-order valence-corrected chi connectivity index (χ3v) is 7.13. The Morgan fingerprint density at radius 3 is 2.45 bits per heavy atom. The summed E-state index contributed by atoms with van der Waals surface area (Å²) in [5.41, 5.74) is 20.9. The number of benzene rings is 1. The quantitative estimate of drug-likeness (QED) is 0.179. The van der Waals surface area contributed by atoms with E-state index >= 15 is 0 Å². The first kappa shape index (κ1) is 15.7. The molecule has 0 bridgehead atoms. The van der Waals surface area contributed by atoms with Crippen LogP contribution in [-0.4, -0.2) is 10.5 Å². The minimum absolute atomic E-state index is 0.162. The summed E-state index contributed by atoms with van der Waals surface area (Å²) in [4.78, 5) is 0. The zero-order valence-corrected chi connectivity index (χ0v) is 14.3. The van der Waals surface area contributed by atoms with Crippen molar-refractivity contribution < 1.29 is 21.5 Å². The van der Waals surface area contributed by atoms with Crippen LogP contribution in [0.3, 0.4) is 0 Å². The van der Waals surface area contributed by atoms with E-state index < -0.39 is 0 Å². The van der Waals surface area contributed by atoms with Crippen molar-refractivity contribution in [1.29, 1.82) is 0 Å². The molecule has 1 aromatic rings. The summed E-state index contributed by atoms with van der Waals surface area (Å²) >= 11 is 0.162. The van der Waals surface area contributed by atoms with E-state index in [1.807, 2.05) is 6.07 Å². The predicted molar refractivity (Wildman–Crippen MR) is 83.0 cm³/mol. The summed E-state index contributed by atoms with van der Waals surface area (Å²) in [7, 11) is 0. The first-order valence-electron chi connectivity index (χ1n) is 7.42. The Morgan fingerprint density at radius 1 is 1.10 bits per heavy atom. The third-order valence-electron chi connectivity index (χ3n) is 4.03. The molecule has 4 nitrogen and oxygen atoms in total. The van der Waals surface area contributed by atoms with Crippen LogP contribution in [0.25, 0.3) is 0 Å². The van der Waals surface area contributed by atoms with Crippen LogP contribution in [0.1, 0.15) is 50.5 Å². The zero-order valence-electron chi connectivity index (χ0n) is 12.2. The predicted octanol–water partition coefficient (Wildman–Crippen LogP) is -0.537. The second-order valence-corrected chi connectivity index (χ2v) is 8.66. The van der Waals surface area contributed by atoms with Crippen LogP contribution in [0.4, 0.5) is 17.1 Å². The molecular weight excluding hydrogens is 363 g/mol. The van der Waals surface area contributed by atoms with Gasteiger partial charge in [-0.25, -0.2) is 0 Å². The van der Waals surface area contributed by atoms with Crippen LogP contribution in [0, 0.1) is 0 Å². The molecule has 1 aliphatic rings. The number of hydrogen-bond acceptors (Lipinski definition) is 4. The molecule has 1 aliphatic carbocycles. The topological polar surface area (TPSA) is 90.1 Å². The summed E-state index contributed by atoms with van der Waals surface area (Å²) in [5, 5.41) is 0. The van der Waals surface area contributed by atoms with Crippen LogP contribution in [0.15, 0.2) is 12.1 Å². The third kappa shape index (κ3) is 3.69. The molecule has 7 N–H and O–H groups in total. The van der Waals surface area contributed by atoms with Gasteiger partial charge in [0.2, 0.25) is 0 Å². The van der Waals surface area contributed by atoms with Crippen molar-refractivity contribution in [2.75, 3.05) is 23.7 Å². The van der Waals surface area contributed by atoms with Crippen molar-refractivity contribution in [3.8, 4) is 0 Å². The zero-order chi connectivity index (χ0) is 14.5. The summed E-state index contributed by atoms with van der Waals surface area (Å²) in [5.74, 6) is 0.560. The van der Waals surface area contributed by atoms with Gasteiger partial charge < -0.3 is 0 Å². The molecule has 0 amide bonds. The van der Waals surface area contributed by atoms with Crippen LogP contribution >= 0.6 is 0 Å². The van der Waals surface area contributed by atoms with Gasteiger partial charge in [0.25, 0.3) is 0 Å². The second-order valence-electron chi connectivity index (χ2n) is 5.51. The van der Waals surface area contributed by atoms with E-state index in [-0.39, 0.29) is 21.5 Å². The number of halogens is 1. The van der Waals surface area contributed by atoms with Gasteiger partial charge >= 0.3 is 132 Å². The molecule has 1 saturated carbocycles. The van der Waals surface area contributed by atoms with Crippen molar-refractivity contribution in [1.82, 2.24) is 3.53 Å². The molecule has 0 heterocycles. The minimum atomic E-state index is 0.162. The molecule has 0 radical (unpaired) electrons. The first-order chi connectivity index (χ1) is 9.63. The number of hydrogen-bond donors (Lipinski definition) is 4. The van der Waals surface area contributed by atoms with E-state index in [1.54, 1.807) is 0 Å². The fourth-order valence-electron chi connectivity index (χ4n) is 2.76. The van der Waals surface area contributed by atoms with Gasteiger partial charge in [0.1, 0.15) is 0 Å². The summed E-state index contributed by atoms with van der Waals surface area (Å²) in [6.45, 7) is 3.40. The average molecular weight is 389 g/mol. The summed E-state index contributed by atoms with van der Waals surface area (Å²) in [6.07, 6.45) is 6.32. The summed E-state index contributed by atoms with van der Waals surface area (Å²) in [6, 6.07) is 3.96. The van der Waals surface area contributed by atoms with E-state index in [4.69, 9.17) is 17.2 Å². The van der Waals surface area contributed by atoms with Gasteiger partial charge in [0.05, 0.1) is 0 Å². The number of nitrogens with two attached hydrogens (primary N) is 3. The molecule has 20 heavy (non-hydrogen) atoms. The number of nitrogens with one attached hydrogen (secondary N) is 1. The van der Waals surface area contributed by atoms with Gasteiger partial charge in [-0.15, -0.1) is 0 Å². The van der Waals surface area contributed by atoms with E-state index in [1.165, 1.54) is 44.2 Å². The first-order valence-corrected chi connectivity index (χ1v) is 9.74. The molecular formula is C15H26IN4-. The molecule has 114 valence electrons. The Bertz CT molecular complexity index is 442. The van der Waals surface area contributed by atoms with Gasteiger partial charge in [0.15, 0.2) is 0 Å². The van der Waals surface area contributed by atoms with E-state index in [2.05, 4.69) is 16.5 Å². The van der Waals surface area contributed by atoms with Crippen molar-refractivity contribution in [2.24, 2.45) is 0 Å². The van der Waals surface area contributed by atoms with Gasteiger partial charge in [-0.1, -0.05) is 0 Å². The van der Waals surface area contributed by atoms with E-state index in [0.29, 0.717) is 23.0 Å². The Morgan fingerprint density at radius 2 is 1.80 bits per heavy atom. The number of anilines is 3. The Balaban J connectivity index is 1.92. The monoisotopic (exact) mass is 389 g/mol. The molecule has 0 atom stereocenters. The standard InChI is InChI=1S/C15H26IN4/c1-2-9-20-16-11-5-3-10(4-6-11)12-7-8-13(17)15(19)14(12)18/h7-8,10-11,20H,2-6,9,17-19H2,1H3/q-1. The second kappa shape index (κ2) is 7.36. The number of rotatable bonds is 5. The number of alkyl halides is 1. The van der Waals surface area contributed by atoms with Gasteiger partial charge in [-0.3, -0.25) is 0 Å². The molecule has 0 saturated heterocycles. The maximum atomic E-state index is 6.14. The Labute approximate surface area is 132 Å². The molecule has 2 rings (SSSR count). The van der Waals surface area contributed by atoms with Gasteiger partial charge in [-0.2, -0.15) is 0 Å². The van der Waals surface area contributed by atoms with E-state index in [0.717, 1.165) is 3.92 Å². The van der Waals surface area contributed by atoms with Crippen molar-refractivity contribution in [3.63, 3.8) is 0 Å². The Hall–Kier alpha value is -0.690. The van der Waals surface area contributed by atoms with Crippen LogP contribution in [0.5, 0.6) is 0 Å². The fourth-order valence-corrected chi connectivity index (χ4v) is 5.57. The molecule has 0 aliphatic heterocycles.